The number of halogens is 1. The van der Waals surface area contributed by atoms with Crippen molar-refractivity contribution in [1.29, 1.82) is 0 Å². The van der Waals surface area contributed by atoms with Crippen LogP contribution in [0.25, 0.3) is 0 Å². The summed E-state index contributed by atoms with van der Waals surface area (Å²) in [6.45, 7) is 4.09. The minimum atomic E-state index is -0.383. The van der Waals surface area contributed by atoms with E-state index in [1.807, 2.05) is 35.4 Å². The highest BCUT2D eigenvalue weighted by Crippen LogP contribution is 2.15. The summed E-state index contributed by atoms with van der Waals surface area (Å²) in [5.41, 5.74) is 2.69. The van der Waals surface area contributed by atoms with E-state index in [2.05, 4.69) is 29.7 Å². The molecule has 0 saturated carbocycles. The number of unbranched alkanes of at least 4 members (excludes halogenated alkanes) is 2. The van der Waals surface area contributed by atoms with E-state index >= 15 is 0 Å². The summed E-state index contributed by atoms with van der Waals surface area (Å²) in [4.78, 5) is 14.9. The molecule has 146 valence electrons. The molecule has 3 aromatic rings. The predicted octanol–water partition coefficient (Wildman–Crippen LogP) is 5.51. The Morgan fingerprint density at radius 3 is 2.57 bits per heavy atom. The van der Waals surface area contributed by atoms with Crippen molar-refractivity contribution in [1.82, 2.24) is 9.47 Å². The average molecular weight is 378 g/mol. The first-order valence-electron chi connectivity index (χ1n) is 9.90. The Morgan fingerprint density at radius 1 is 1.00 bits per heavy atom. The largest absolute Gasteiger partial charge is 0.345 e. The SMILES string of the molecule is CCCCCN(Cc1cccn1Cc1ccccc1)C(=O)c1cccc(F)c1. The van der Waals surface area contributed by atoms with Gasteiger partial charge in [-0.1, -0.05) is 56.2 Å². The fourth-order valence-electron chi connectivity index (χ4n) is 3.33. The van der Waals surface area contributed by atoms with Crippen LogP contribution in [0.2, 0.25) is 0 Å². The molecule has 0 bridgehead atoms. The summed E-state index contributed by atoms with van der Waals surface area (Å²) in [6, 6.07) is 20.3. The lowest BCUT2D eigenvalue weighted by Crippen LogP contribution is -2.32. The highest BCUT2D eigenvalue weighted by molar-refractivity contribution is 5.94. The first kappa shape index (κ1) is 19.9. The van der Waals surface area contributed by atoms with Gasteiger partial charge in [-0.3, -0.25) is 4.79 Å². The number of hydrogen-bond donors (Lipinski definition) is 0. The molecule has 1 amide bonds. The van der Waals surface area contributed by atoms with Gasteiger partial charge in [-0.15, -0.1) is 0 Å². The summed E-state index contributed by atoms with van der Waals surface area (Å²) < 4.78 is 15.8. The second kappa shape index (κ2) is 9.88. The Hall–Kier alpha value is -2.88. The molecule has 3 rings (SSSR count). The van der Waals surface area contributed by atoms with Crippen LogP contribution in [0.15, 0.2) is 72.9 Å². The molecule has 28 heavy (non-hydrogen) atoms. The van der Waals surface area contributed by atoms with E-state index in [4.69, 9.17) is 0 Å². The van der Waals surface area contributed by atoms with Crippen LogP contribution in [0.4, 0.5) is 4.39 Å². The molecule has 0 N–H and O–H groups in total. The van der Waals surface area contributed by atoms with E-state index in [1.54, 1.807) is 12.1 Å². The molecule has 1 heterocycles. The third-order valence-electron chi connectivity index (χ3n) is 4.86. The maximum atomic E-state index is 13.6. The molecule has 0 spiro atoms. The molecule has 0 fully saturated rings. The fraction of sp³-hybridized carbons (Fsp3) is 0.292. The summed E-state index contributed by atoms with van der Waals surface area (Å²) in [5.74, 6) is -0.505. The van der Waals surface area contributed by atoms with E-state index < -0.39 is 0 Å². The number of carbonyl (C=O) groups is 1. The normalized spacial score (nSPS) is 10.8. The first-order chi connectivity index (χ1) is 13.7. The Balaban J connectivity index is 1.78. The molecule has 0 saturated heterocycles. The third-order valence-corrected chi connectivity index (χ3v) is 4.86. The van der Waals surface area contributed by atoms with Crippen LogP contribution >= 0.6 is 0 Å². The molecular formula is C24H27FN2O. The Morgan fingerprint density at radius 2 is 1.82 bits per heavy atom. The highest BCUT2D eigenvalue weighted by Gasteiger charge is 2.18. The van der Waals surface area contributed by atoms with Crippen molar-refractivity contribution in [2.24, 2.45) is 0 Å². The molecule has 0 aliphatic rings. The van der Waals surface area contributed by atoms with Crippen LogP contribution in [-0.4, -0.2) is 21.9 Å². The van der Waals surface area contributed by atoms with Gasteiger partial charge in [-0.05, 0) is 42.3 Å². The molecule has 1 aromatic heterocycles. The van der Waals surface area contributed by atoms with E-state index in [0.717, 1.165) is 31.5 Å². The monoisotopic (exact) mass is 378 g/mol. The minimum absolute atomic E-state index is 0.122. The quantitative estimate of drug-likeness (QED) is 0.451. The van der Waals surface area contributed by atoms with Crippen molar-refractivity contribution in [2.75, 3.05) is 6.54 Å². The summed E-state index contributed by atoms with van der Waals surface area (Å²) in [6.07, 6.45) is 5.14. The van der Waals surface area contributed by atoms with Gasteiger partial charge >= 0.3 is 0 Å². The zero-order valence-electron chi connectivity index (χ0n) is 16.4. The van der Waals surface area contributed by atoms with Crippen LogP contribution < -0.4 is 0 Å². The van der Waals surface area contributed by atoms with Crippen LogP contribution in [0.3, 0.4) is 0 Å². The van der Waals surface area contributed by atoms with Crippen molar-refractivity contribution in [3.05, 3.63) is 95.6 Å². The van der Waals surface area contributed by atoms with E-state index in [1.165, 1.54) is 17.7 Å². The second-order valence-corrected chi connectivity index (χ2v) is 7.06. The van der Waals surface area contributed by atoms with Crippen LogP contribution in [-0.2, 0) is 13.1 Å². The predicted molar refractivity (Wildman–Crippen MR) is 111 cm³/mol. The van der Waals surface area contributed by atoms with Gasteiger partial charge in [-0.2, -0.15) is 0 Å². The van der Waals surface area contributed by atoms with Crippen molar-refractivity contribution in [3.8, 4) is 0 Å². The van der Waals surface area contributed by atoms with Gasteiger partial charge in [0.25, 0.3) is 5.91 Å². The molecule has 0 atom stereocenters. The summed E-state index contributed by atoms with van der Waals surface area (Å²) in [5, 5.41) is 0. The molecular weight excluding hydrogens is 351 g/mol. The van der Waals surface area contributed by atoms with E-state index in [-0.39, 0.29) is 11.7 Å². The number of benzene rings is 2. The number of nitrogens with zero attached hydrogens (tertiary/aromatic N) is 2. The van der Waals surface area contributed by atoms with Gasteiger partial charge in [0, 0.05) is 30.5 Å². The molecule has 2 aromatic carbocycles. The number of hydrogen-bond acceptors (Lipinski definition) is 1. The number of rotatable bonds is 9. The topological polar surface area (TPSA) is 25.2 Å². The van der Waals surface area contributed by atoms with Crippen LogP contribution in [0, 0.1) is 5.82 Å². The second-order valence-electron chi connectivity index (χ2n) is 7.06. The maximum absolute atomic E-state index is 13.6. The molecule has 4 heteroatoms. The lowest BCUT2D eigenvalue weighted by Gasteiger charge is -2.24. The Labute approximate surface area is 166 Å². The first-order valence-corrected chi connectivity index (χ1v) is 9.90. The van der Waals surface area contributed by atoms with Gasteiger partial charge in [0.1, 0.15) is 5.82 Å². The Bertz CT molecular complexity index is 888. The standard InChI is InChI=1S/C24H27FN2O/c1-2-3-7-15-27(24(28)21-12-8-13-22(25)17-21)19-23-14-9-16-26(23)18-20-10-5-4-6-11-20/h4-6,8-14,16-17H,2-3,7,15,18-19H2,1H3. The lowest BCUT2D eigenvalue weighted by atomic mass is 10.1. The van der Waals surface area contributed by atoms with Crippen molar-refractivity contribution < 1.29 is 9.18 Å². The number of carbonyl (C=O) groups excluding carboxylic acids is 1. The van der Waals surface area contributed by atoms with Gasteiger partial charge in [0.15, 0.2) is 0 Å². The van der Waals surface area contributed by atoms with Crippen LogP contribution in [0.1, 0.15) is 47.8 Å². The Kier molecular flexibility index (Phi) is 7.01. The van der Waals surface area contributed by atoms with Crippen LogP contribution in [0.5, 0.6) is 0 Å². The third kappa shape index (κ3) is 5.32. The van der Waals surface area contributed by atoms with Gasteiger partial charge in [-0.25, -0.2) is 4.39 Å². The van der Waals surface area contributed by atoms with Gasteiger partial charge < -0.3 is 9.47 Å². The molecule has 3 nitrogen and oxygen atoms in total. The number of amides is 1. The molecule has 0 aliphatic carbocycles. The smallest absolute Gasteiger partial charge is 0.254 e. The van der Waals surface area contributed by atoms with Crippen molar-refractivity contribution in [2.45, 2.75) is 39.3 Å². The molecule has 0 radical (unpaired) electrons. The minimum Gasteiger partial charge on any atom is -0.345 e. The van der Waals surface area contributed by atoms with Gasteiger partial charge in [0.2, 0.25) is 0 Å². The zero-order chi connectivity index (χ0) is 19.8. The van der Waals surface area contributed by atoms with E-state index in [0.29, 0.717) is 18.7 Å². The summed E-state index contributed by atoms with van der Waals surface area (Å²) >= 11 is 0. The highest BCUT2D eigenvalue weighted by atomic mass is 19.1. The van der Waals surface area contributed by atoms with Gasteiger partial charge in [0.05, 0.1) is 6.54 Å². The summed E-state index contributed by atoms with van der Waals surface area (Å²) in [7, 11) is 0. The number of aromatic nitrogens is 1. The zero-order valence-corrected chi connectivity index (χ0v) is 16.4. The van der Waals surface area contributed by atoms with Crippen molar-refractivity contribution in [3.63, 3.8) is 0 Å². The average Bonchev–Trinajstić information content (AvgIpc) is 3.14. The fourth-order valence-corrected chi connectivity index (χ4v) is 3.33. The lowest BCUT2D eigenvalue weighted by molar-refractivity contribution is 0.0736. The molecule has 0 aliphatic heterocycles. The van der Waals surface area contributed by atoms with Crippen molar-refractivity contribution >= 4 is 5.91 Å². The maximum Gasteiger partial charge on any atom is 0.254 e. The molecule has 0 unspecified atom stereocenters. The van der Waals surface area contributed by atoms with E-state index in [9.17, 15) is 9.18 Å².